The molecule has 1 amide bonds. The summed E-state index contributed by atoms with van der Waals surface area (Å²) in [6.07, 6.45) is 3.68. The number of carbonyl (C=O) groups excluding carboxylic acids is 1. The van der Waals surface area contributed by atoms with Crippen molar-refractivity contribution in [2.45, 2.75) is 43.9 Å². The minimum atomic E-state index is -1.07. The van der Waals surface area contributed by atoms with Gasteiger partial charge in [-0.2, -0.15) is 5.10 Å². The Balaban J connectivity index is 1.37. The topological polar surface area (TPSA) is 159 Å². The van der Waals surface area contributed by atoms with Crippen LogP contribution < -0.4 is 11.2 Å². The summed E-state index contributed by atoms with van der Waals surface area (Å²) in [5, 5.41) is 24.2. The maximum absolute atomic E-state index is 12.6. The van der Waals surface area contributed by atoms with Crippen LogP contribution in [0.1, 0.15) is 30.7 Å². The third-order valence-corrected chi connectivity index (χ3v) is 5.15. The lowest BCUT2D eigenvalue weighted by Gasteiger charge is -2.34. The van der Waals surface area contributed by atoms with Crippen molar-refractivity contribution in [1.82, 2.24) is 35.1 Å². The van der Waals surface area contributed by atoms with Crippen LogP contribution in [0.25, 0.3) is 0 Å². The van der Waals surface area contributed by atoms with Crippen molar-refractivity contribution in [3.05, 3.63) is 38.4 Å². The van der Waals surface area contributed by atoms with Crippen molar-refractivity contribution >= 4 is 5.91 Å². The zero-order valence-corrected chi connectivity index (χ0v) is 15.1. The Morgan fingerprint density at radius 3 is 2.93 bits per heavy atom. The van der Waals surface area contributed by atoms with E-state index < -0.39 is 16.9 Å². The van der Waals surface area contributed by atoms with Gasteiger partial charge in [0.15, 0.2) is 5.60 Å². The van der Waals surface area contributed by atoms with Crippen LogP contribution in [0.2, 0.25) is 0 Å². The molecular formula is C16H21N7O5. The van der Waals surface area contributed by atoms with Crippen molar-refractivity contribution in [3.8, 4) is 0 Å². The van der Waals surface area contributed by atoms with E-state index in [0.717, 1.165) is 12.8 Å². The Hall–Kier alpha value is -2.86. The molecule has 4 heterocycles. The first kappa shape index (κ1) is 18.5. The third-order valence-electron chi connectivity index (χ3n) is 5.15. The zero-order chi connectivity index (χ0) is 19.7. The van der Waals surface area contributed by atoms with Crippen LogP contribution in [0, 0.1) is 0 Å². The summed E-state index contributed by atoms with van der Waals surface area (Å²) in [5.41, 5.74) is -1.73. The Morgan fingerprint density at radius 2 is 2.21 bits per heavy atom. The molecule has 0 radical (unpaired) electrons. The Kier molecular flexibility index (Phi) is 4.81. The number of rotatable bonds is 6. The van der Waals surface area contributed by atoms with E-state index in [1.165, 1.54) is 0 Å². The highest BCUT2D eigenvalue weighted by atomic mass is 16.5. The number of aryl methyl sites for hydroxylation is 1. The van der Waals surface area contributed by atoms with Crippen LogP contribution in [0.3, 0.4) is 0 Å². The minimum absolute atomic E-state index is 0.0313. The first-order chi connectivity index (χ1) is 13.4. The molecule has 0 aliphatic carbocycles. The minimum Gasteiger partial charge on any atom is -0.379 e. The van der Waals surface area contributed by atoms with Gasteiger partial charge in [-0.15, -0.1) is 5.10 Å². The lowest BCUT2D eigenvalue weighted by Crippen LogP contribution is -2.46. The van der Waals surface area contributed by atoms with Gasteiger partial charge in [-0.25, -0.2) is 9.89 Å². The van der Waals surface area contributed by atoms with Crippen molar-refractivity contribution in [2.24, 2.45) is 0 Å². The number of likely N-dealkylation sites (tertiary alicyclic amines) is 1. The van der Waals surface area contributed by atoms with E-state index in [4.69, 9.17) is 4.74 Å². The van der Waals surface area contributed by atoms with E-state index in [0.29, 0.717) is 18.8 Å². The second-order valence-electron chi connectivity index (χ2n) is 7.19. The van der Waals surface area contributed by atoms with Crippen LogP contribution in [0.15, 0.2) is 15.8 Å². The maximum Gasteiger partial charge on any atom is 0.342 e. The molecule has 2 aliphatic rings. The predicted octanol–water partition coefficient (Wildman–Crippen LogP) is -2.11. The fraction of sp³-hybridized carbons (Fsp3) is 0.625. The summed E-state index contributed by atoms with van der Waals surface area (Å²) in [4.78, 5) is 39.2. The lowest BCUT2D eigenvalue weighted by molar-refractivity contribution is -0.186. The molecule has 150 valence electrons. The first-order valence-corrected chi connectivity index (χ1v) is 9.13. The van der Waals surface area contributed by atoms with Gasteiger partial charge in [0.1, 0.15) is 11.4 Å². The van der Waals surface area contributed by atoms with Gasteiger partial charge in [0.05, 0.1) is 32.0 Å². The van der Waals surface area contributed by atoms with E-state index in [9.17, 15) is 19.5 Å². The van der Waals surface area contributed by atoms with Gasteiger partial charge in [-0.05, 0) is 12.8 Å². The second-order valence-corrected chi connectivity index (χ2v) is 7.19. The number of amides is 1. The van der Waals surface area contributed by atoms with Gasteiger partial charge >= 0.3 is 5.69 Å². The zero-order valence-electron chi connectivity index (χ0n) is 15.1. The predicted molar refractivity (Wildman–Crippen MR) is 93.3 cm³/mol. The van der Waals surface area contributed by atoms with Crippen molar-refractivity contribution < 1.29 is 14.6 Å². The molecule has 12 nitrogen and oxygen atoms in total. The van der Waals surface area contributed by atoms with Gasteiger partial charge < -0.3 is 14.7 Å². The van der Waals surface area contributed by atoms with Crippen LogP contribution in [0.4, 0.5) is 0 Å². The molecule has 0 aromatic carbocycles. The molecule has 3 N–H and O–H groups in total. The molecule has 0 unspecified atom stereocenters. The second kappa shape index (κ2) is 7.28. The highest BCUT2D eigenvalue weighted by molar-refractivity contribution is 5.77. The number of nitrogens with one attached hydrogen (secondary N) is 2. The quantitative estimate of drug-likeness (QED) is 0.504. The molecule has 2 aromatic rings. The smallest absolute Gasteiger partial charge is 0.342 e. The van der Waals surface area contributed by atoms with Gasteiger partial charge in [0.25, 0.3) is 5.56 Å². The number of nitrogens with zero attached hydrogens (tertiary/aromatic N) is 5. The molecule has 2 saturated heterocycles. The molecule has 2 aliphatic heterocycles. The Labute approximate surface area is 158 Å². The summed E-state index contributed by atoms with van der Waals surface area (Å²) in [6, 6.07) is -0.0313. The summed E-state index contributed by atoms with van der Waals surface area (Å²) < 4.78 is 6.67. The molecule has 1 atom stereocenters. The van der Waals surface area contributed by atoms with Gasteiger partial charge in [-0.1, -0.05) is 5.21 Å². The van der Waals surface area contributed by atoms with Gasteiger partial charge in [-0.3, -0.25) is 19.3 Å². The molecule has 12 heteroatoms. The largest absolute Gasteiger partial charge is 0.379 e. The number of hydrogen-bond donors (Lipinski definition) is 3. The lowest BCUT2D eigenvalue weighted by atomic mass is 9.99. The molecule has 28 heavy (non-hydrogen) atoms. The average molecular weight is 391 g/mol. The third kappa shape index (κ3) is 3.60. The van der Waals surface area contributed by atoms with Crippen LogP contribution in [-0.2, 0) is 28.1 Å². The molecule has 2 fully saturated rings. The van der Waals surface area contributed by atoms with E-state index in [-0.39, 0.29) is 43.7 Å². The molecule has 0 spiro atoms. The normalized spacial score (nSPS) is 20.9. The maximum atomic E-state index is 12.6. The number of H-pyrrole nitrogens is 2. The average Bonchev–Trinajstić information content (AvgIpc) is 3.29. The summed E-state index contributed by atoms with van der Waals surface area (Å²) in [5.74, 6) is -0.0822. The number of carbonyl (C=O) groups is 1. The molecule has 2 aromatic heterocycles. The summed E-state index contributed by atoms with van der Waals surface area (Å²) in [6.45, 7) is 1.53. The van der Waals surface area contributed by atoms with E-state index in [1.54, 1.807) is 15.8 Å². The number of aromatic nitrogens is 6. The Bertz CT molecular complexity index is 976. The molecule has 0 saturated carbocycles. The first-order valence-electron chi connectivity index (χ1n) is 9.13. The van der Waals surface area contributed by atoms with Gasteiger partial charge in [0.2, 0.25) is 5.91 Å². The highest BCUT2D eigenvalue weighted by Gasteiger charge is 2.41. The number of aromatic amines is 2. The molecule has 0 bridgehead atoms. The van der Waals surface area contributed by atoms with Crippen molar-refractivity contribution in [1.29, 1.82) is 0 Å². The van der Waals surface area contributed by atoms with Crippen LogP contribution >= 0.6 is 0 Å². The van der Waals surface area contributed by atoms with Crippen LogP contribution in [-0.4, -0.2) is 71.9 Å². The monoisotopic (exact) mass is 391 g/mol. The fourth-order valence-electron chi connectivity index (χ4n) is 3.52. The highest BCUT2D eigenvalue weighted by Crippen LogP contribution is 2.27. The Morgan fingerprint density at radius 1 is 1.39 bits per heavy atom. The number of aliphatic hydroxyl groups is 1. The van der Waals surface area contributed by atoms with Crippen molar-refractivity contribution in [3.63, 3.8) is 0 Å². The van der Waals surface area contributed by atoms with E-state index in [1.807, 2.05) is 0 Å². The molecular weight excluding hydrogens is 370 g/mol. The SMILES string of the molecule is O=C(CCc1n[nH]c(=O)[nH]c1=O)N1CCC[C@@H]1Cn1cc(C2(O)COC2)nn1. The van der Waals surface area contributed by atoms with Crippen LogP contribution in [0.5, 0.6) is 0 Å². The standard InChI is InChI=1S/C16H21N7O5/c24-13(4-3-11-14(25)17-15(26)20-18-11)23-5-1-2-10(23)6-22-7-12(19-21-22)16(27)8-28-9-16/h7,10,27H,1-6,8-9H2,(H2,17,20,25,26)/t10-/m1/s1. The fourth-order valence-corrected chi connectivity index (χ4v) is 3.52. The number of ether oxygens (including phenoxy) is 1. The summed E-state index contributed by atoms with van der Waals surface area (Å²) >= 11 is 0. The van der Waals surface area contributed by atoms with E-state index in [2.05, 4.69) is 25.5 Å². The van der Waals surface area contributed by atoms with Gasteiger partial charge in [0, 0.05) is 19.4 Å². The number of hydrogen-bond acceptors (Lipinski definition) is 8. The molecule has 4 rings (SSSR count). The summed E-state index contributed by atoms with van der Waals surface area (Å²) in [7, 11) is 0. The van der Waals surface area contributed by atoms with Crippen molar-refractivity contribution in [2.75, 3.05) is 19.8 Å². The van der Waals surface area contributed by atoms with E-state index >= 15 is 0 Å².